The van der Waals surface area contributed by atoms with Gasteiger partial charge >= 0.3 is 0 Å². The van der Waals surface area contributed by atoms with Crippen molar-refractivity contribution in [3.63, 3.8) is 0 Å². The molecule has 8 nitrogen and oxygen atoms in total. The number of aromatic nitrogens is 4. The van der Waals surface area contributed by atoms with Gasteiger partial charge in [-0.25, -0.2) is 4.98 Å². The lowest BCUT2D eigenvalue weighted by Gasteiger charge is -2.09. The fourth-order valence-corrected chi connectivity index (χ4v) is 4.95. The zero-order valence-corrected chi connectivity index (χ0v) is 20.7. The summed E-state index contributed by atoms with van der Waals surface area (Å²) in [6, 6.07) is 15.0. The van der Waals surface area contributed by atoms with Crippen molar-refractivity contribution in [3.8, 4) is 5.75 Å². The molecular formula is C24H26N6O2S2. The zero-order valence-electron chi connectivity index (χ0n) is 19.0. The molecule has 34 heavy (non-hydrogen) atoms. The van der Waals surface area contributed by atoms with Crippen LogP contribution in [0.3, 0.4) is 0 Å². The van der Waals surface area contributed by atoms with Crippen LogP contribution in [0.15, 0.2) is 59.1 Å². The first-order valence-corrected chi connectivity index (χ1v) is 12.8. The van der Waals surface area contributed by atoms with Crippen molar-refractivity contribution in [2.75, 3.05) is 17.7 Å². The first-order chi connectivity index (χ1) is 16.6. The summed E-state index contributed by atoms with van der Waals surface area (Å²) in [7, 11) is 0. The van der Waals surface area contributed by atoms with Gasteiger partial charge in [0.25, 0.3) is 5.91 Å². The number of nitrogens with one attached hydrogen (secondary N) is 1. The number of thioether (sulfide) groups is 1. The second-order valence-corrected chi connectivity index (χ2v) is 9.23. The van der Waals surface area contributed by atoms with E-state index in [0.29, 0.717) is 35.2 Å². The largest absolute Gasteiger partial charge is 0.494 e. The molecule has 176 valence electrons. The first kappa shape index (κ1) is 23.8. The summed E-state index contributed by atoms with van der Waals surface area (Å²) in [6.07, 6.45) is 0.593. The lowest BCUT2D eigenvalue weighted by atomic mass is 10.1. The summed E-state index contributed by atoms with van der Waals surface area (Å²) in [4.78, 5) is 17.1. The molecular weight excluding hydrogens is 468 g/mol. The van der Waals surface area contributed by atoms with Gasteiger partial charge in [-0.1, -0.05) is 30.0 Å². The van der Waals surface area contributed by atoms with Crippen LogP contribution in [0, 0.1) is 0 Å². The van der Waals surface area contributed by atoms with Crippen molar-refractivity contribution in [1.29, 1.82) is 0 Å². The maximum atomic E-state index is 12.8. The van der Waals surface area contributed by atoms with Crippen LogP contribution in [-0.4, -0.2) is 32.3 Å². The van der Waals surface area contributed by atoms with Gasteiger partial charge in [-0.15, -0.1) is 21.5 Å². The maximum Gasteiger partial charge on any atom is 0.255 e. The zero-order chi connectivity index (χ0) is 23.9. The van der Waals surface area contributed by atoms with Gasteiger partial charge in [0, 0.05) is 35.0 Å². The molecule has 0 radical (unpaired) electrons. The molecule has 4 aromatic rings. The smallest absolute Gasteiger partial charge is 0.255 e. The van der Waals surface area contributed by atoms with Gasteiger partial charge in [0.1, 0.15) is 11.6 Å². The van der Waals surface area contributed by atoms with E-state index in [9.17, 15) is 4.79 Å². The number of thiazole rings is 1. The predicted molar refractivity (Wildman–Crippen MR) is 137 cm³/mol. The maximum absolute atomic E-state index is 12.8. The molecule has 2 aromatic carbocycles. The number of ether oxygens (including phenoxy) is 1. The summed E-state index contributed by atoms with van der Waals surface area (Å²) >= 11 is 3.02. The quantitative estimate of drug-likeness (QED) is 0.303. The van der Waals surface area contributed by atoms with Crippen LogP contribution >= 0.6 is 23.1 Å². The molecule has 10 heteroatoms. The van der Waals surface area contributed by atoms with E-state index in [2.05, 4.69) is 32.0 Å². The SMILES string of the molecule is CCOc1cccc(NC(=O)c2cccc(CSc3nnc(Cc4csc(N)n4)n3CC)c2)c1. The lowest BCUT2D eigenvalue weighted by Crippen LogP contribution is -2.12. The average Bonchev–Trinajstić information content (AvgIpc) is 3.43. The molecule has 2 aromatic heterocycles. The van der Waals surface area contributed by atoms with Gasteiger partial charge in [-0.05, 0) is 43.7 Å². The molecule has 0 bridgehead atoms. The van der Waals surface area contributed by atoms with Crippen molar-refractivity contribution < 1.29 is 9.53 Å². The Balaban J connectivity index is 1.41. The van der Waals surface area contributed by atoms with E-state index < -0.39 is 0 Å². The number of nitrogen functional groups attached to an aromatic ring is 1. The molecule has 0 aliphatic heterocycles. The number of rotatable bonds is 10. The van der Waals surface area contributed by atoms with E-state index in [0.717, 1.165) is 34.5 Å². The van der Waals surface area contributed by atoms with E-state index in [1.54, 1.807) is 11.8 Å². The van der Waals surface area contributed by atoms with E-state index in [-0.39, 0.29) is 5.91 Å². The van der Waals surface area contributed by atoms with Crippen LogP contribution in [-0.2, 0) is 18.7 Å². The molecule has 0 atom stereocenters. The molecule has 0 aliphatic carbocycles. The van der Waals surface area contributed by atoms with Crippen LogP contribution in [0.4, 0.5) is 10.8 Å². The van der Waals surface area contributed by atoms with Crippen LogP contribution in [0.5, 0.6) is 5.75 Å². The molecule has 0 saturated heterocycles. The molecule has 0 saturated carbocycles. The van der Waals surface area contributed by atoms with Gasteiger partial charge < -0.3 is 20.4 Å². The van der Waals surface area contributed by atoms with Crippen molar-refractivity contribution in [3.05, 3.63) is 76.6 Å². The van der Waals surface area contributed by atoms with Crippen LogP contribution in [0.1, 0.15) is 41.3 Å². The van der Waals surface area contributed by atoms with E-state index in [4.69, 9.17) is 10.5 Å². The van der Waals surface area contributed by atoms with Gasteiger partial charge in [0.2, 0.25) is 0 Å². The molecule has 1 amide bonds. The Bertz CT molecular complexity index is 1270. The Hall–Kier alpha value is -3.37. The fourth-order valence-electron chi connectivity index (χ4n) is 3.42. The highest BCUT2D eigenvalue weighted by Crippen LogP contribution is 2.24. The molecule has 2 heterocycles. The Kier molecular flexibility index (Phi) is 7.81. The standard InChI is InChI=1S/C24H26N6O2S2/c1-3-30-21(13-19-15-33-23(25)27-19)28-29-24(30)34-14-16-7-5-8-17(11-16)22(31)26-18-9-6-10-20(12-18)32-4-2/h5-12,15H,3-4,13-14H2,1-2H3,(H2,25,27)(H,26,31). The number of hydrogen-bond donors (Lipinski definition) is 2. The summed E-state index contributed by atoms with van der Waals surface area (Å²) in [5.41, 5.74) is 8.96. The fraction of sp³-hybridized carbons (Fsp3) is 0.250. The highest BCUT2D eigenvalue weighted by Gasteiger charge is 2.14. The van der Waals surface area contributed by atoms with Crippen LogP contribution in [0.2, 0.25) is 0 Å². The first-order valence-electron chi connectivity index (χ1n) is 10.9. The van der Waals surface area contributed by atoms with E-state index in [1.807, 2.05) is 60.8 Å². The van der Waals surface area contributed by atoms with Crippen molar-refractivity contribution in [2.24, 2.45) is 0 Å². The van der Waals surface area contributed by atoms with Crippen molar-refractivity contribution in [1.82, 2.24) is 19.7 Å². The molecule has 4 rings (SSSR count). The highest BCUT2D eigenvalue weighted by atomic mass is 32.2. The van der Waals surface area contributed by atoms with Gasteiger partial charge in [0.15, 0.2) is 10.3 Å². The van der Waals surface area contributed by atoms with E-state index >= 15 is 0 Å². The summed E-state index contributed by atoms with van der Waals surface area (Å²) < 4.78 is 7.59. The number of amides is 1. The molecule has 3 N–H and O–H groups in total. The Morgan fingerprint density at radius 3 is 2.79 bits per heavy atom. The number of carbonyl (C=O) groups excluding carboxylic acids is 1. The second kappa shape index (κ2) is 11.2. The number of hydrogen-bond acceptors (Lipinski definition) is 8. The topological polar surface area (TPSA) is 108 Å². The van der Waals surface area contributed by atoms with Crippen LogP contribution < -0.4 is 15.8 Å². The third kappa shape index (κ3) is 5.95. The van der Waals surface area contributed by atoms with E-state index in [1.165, 1.54) is 11.3 Å². The Morgan fingerprint density at radius 1 is 1.18 bits per heavy atom. The number of carbonyl (C=O) groups is 1. The highest BCUT2D eigenvalue weighted by molar-refractivity contribution is 7.98. The Labute approximate surface area is 206 Å². The number of nitrogens with two attached hydrogens (primary N) is 1. The van der Waals surface area contributed by atoms with Gasteiger partial charge in [0.05, 0.1) is 18.7 Å². The average molecular weight is 495 g/mol. The lowest BCUT2D eigenvalue weighted by molar-refractivity contribution is 0.102. The summed E-state index contributed by atoms with van der Waals surface area (Å²) in [5, 5.41) is 15.0. The third-order valence-electron chi connectivity index (χ3n) is 4.98. The molecule has 0 fully saturated rings. The number of benzene rings is 2. The molecule has 0 spiro atoms. The van der Waals surface area contributed by atoms with Crippen molar-refractivity contribution >= 4 is 39.8 Å². The van der Waals surface area contributed by atoms with Crippen molar-refractivity contribution in [2.45, 2.75) is 37.7 Å². The third-order valence-corrected chi connectivity index (χ3v) is 6.74. The summed E-state index contributed by atoms with van der Waals surface area (Å²) in [6.45, 7) is 5.32. The van der Waals surface area contributed by atoms with Crippen LogP contribution in [0.25, 0.3) is 0 Å². The minimum absolute atomic E-state index is 0.165. The normalized spacial score (nSPS) is 10.9. The minimum atomic E-state index is -0.165. The number of anilines is 2. The molecule has 0 aliphatic rings. The monoisotopic (exact) mass is 494 g/mol. The predicted octanol–water partition coefficient (Wildman–Crippen LogP) is 4.87. The van der Waals surface area contributed by atoms with Gasteiger partial charge in [-0.3, -0.25) is 4.79 Å². The number of nitrogens with zero attached hydrogens (tertiary/aromatic N) is 4. The Morgan fingerprint density at radius 2 is 2.03 bits per heavy atom. The second-order valence-electron chi connectivity index (χ2n) is 7.40. The summed E-state index contributed by atoms with van der Waals surface area (Å²) in [5.74, 6) is 2.09. The van der Waals surface area contributed by atoms with Gasteiger partial charge in [-0.2, -0.15) is 0 Å². The molecule has 0 unspecified atom stereocenters. The minimum Gasteiger partial charge on any atom is -0.494 e.